The topological polar surface area (TPSA) is 0 Å². The largest absolute Gasteiger partial charge is 0.207 e. The third-order valence-corrected chi connectivity index (χ3v) is 2.19. The summed E-state index contributed by atoms with van der Waals surface area (Å²) in [5.74, 6) is -0.251. The van der Waals surface area contributed by atoms with Gasteiger partial charge in [-0.3, -0.25) is 0 Å². The fourth-order valence-corrected chi connectivity index (χ4v) is 0.906. The van der Waals surface area contributed by atoms with Gasteiger partial charge in [-0.1, -0.05) is 17.3 Å². The van der Waals surface area contributed by atoms with Crippen molar-refractivity contribution in [3.8, 4) is 0 Å². The van der Waals surface area contributed by atoms with Crippen molar-refractivity contribution in [2.75, 3.05) is 0 Å². The van der Waals surface area contributed by atoms with Gasteiger partial charge in [0.15, 0.2) is 0 Å². The predicted octanol–water partition coefficient (Wildman–Crippen LogP) is -0.587. The summed E-state index contributed by atoms with van der Waals surface area (Å²) < 4.78 is 12.5. The molecule has 1 rings (SSSR count). The van der Waals surface area contributed by atoms with Crippen molar-refractivity contribution in [3.63, 3.8) is 0 Å². The monoisotopic (exact) mass is 150 g/mol. The molecule has 0 nitrogen and oxygen atoms in total. The number of hydrogen-bond acceptors (Lipinski definition) is 0. The Kier molecular flexibility index (Phi) is 1.82. The fraction of sp³-hybridized carbons (Fsp3) is 0. The van der Waals surface area contributed by atoms with E-state index >= 15 is 0 Å². The summed E-state index contributed by atoms with van der Waals surface area (Å²) in [7, 11) is 6.31. The zero-order valence-corrected chi connectivity index (χ0v) is 6.61. The van der Waals surface area contributed by atoms with E-state index in [9.17, 15) is 4.39 Å². The van der Waals surface area contributed by atoms with Crippen LogP contribution in [0.25, 0.3) is 0 Å². The van der Waals surface area contributed by atoms with Gasteiger partial charge in [0, 0.05) is 0 Å². The van der Waals surface area contributed by atoms with Crippen LogP contribution in [0.4, 0.5) is 4.39 Å². The van der Waals surface area contributed by atoms with E-state index in [1.54, 1.807) is 12.1 Å². The second-order valence-electron chi connectivity index (χ2n) is 1.66. The van der Waals surface area contributed by atoms with E-state index in [0.29, 0.717) is 5.19 Å². The second-order valence-corrected chi connectivity index (χ2v) is 2.70. The first-order valence-corrected chi connectivity index (χ1v) is 3.43. The summed E-state index contributed by atoms with van der Waals surface area (Å²) in [6.45, 7) is 0. The van der Waals surface area contributed by atoms with Crippen LogP contribution >= 0.6 is 0 Å². The van der Waals surface area contributed by atoms with Crippen LogP contribution in [0.5, 0.6) is 0 Å². The van der Waals surface area contributed by atoms with Crippen LogP contribution in [0.3, 0.4) is 0 Å². The highest BCUT2D eigenvalue weighted by Crippen LogP contribution is 1.86. The minimum absolute atomic E-state index is 0.251. The normalized spacial score (nSPS) is 9.67. The van der Waals surface area contributed by atoms with Crippen molar-refractivity contribution in [1.29, 1.82) is 0 Å². The van der Waals surface area contributed by atoms with Gasteiger partial charge in [-0.25, -0.2) is 4.39 Å². The Morgan fingerprint density at radius 1 is 1.22 bits per heavy atom. The molecule has 0 aliphatic rings. The molecular formula is C6H3FSi2. The first kappa shape index (κ1) is 6.70. The molecule has 9 heavy (non-hydrogen) atoms. The van der Waals surface area contributed by atoms with Crippen molar-refractivity contribution in [1.82, 2.24) is 0 Å². The molecule has 0 spiro atoms. The molecule has 0 saturated carbocycles. The van der Waals surface area contributed by atoms with Gasteiger partial charge in [0.05, 0.1) is 20.5 Å². The van der Waals surface area contributed by atoms with Crippen molar-refractivity contribution in [3.05, 3.63) is 24.0 Å². The molecule has 0 unspecified atom stereocenters. The summed E-state index contributed by atoms with van der Waals surface area (Å²) in [6, 6.07) is 4.80. The molecule has 0 heterocycles. The van der Waals surface area contributed by atoms with Crippen molar-refractivity contribution in [2.45, 2.75) is 0 Å². The molecule has 0 fully saturated rings. The van der Waals surface area contributed by atoms with Crippen molar-refractivity contribution < 1.29 is 4.39 Å². The minimum Gasteiger partial charge on any atom is -0.207 e. The van der Waals surface area contributed by atoms with E-state index in [1.165, 1.54) is 6.07 Å². The third-order valence-electron chi connectivity index (χ3n) is 1.01. The smallest absolute Gasteiger partial charge is 0.121 e. The van der Waals surface area contributed by atoms with Crippen LogP contribution < -0.4 is 10.4 Å². The van der Waals surface area contributed by atoms with Crippen LogP contribution in [0, 0.1) is 5.82 Å². The Bertz CT molecular complexity index is 202. The zero-order valence-electron chi connectivity index (χ0n) is 4.61. The van der Waals surface area contributed by atoms with E-state index in [-0.39, 0.29) is 5.82 Å². The second kappa shape index (κ2) is 2.45. The molecule has 0 amide bonds. The van der Waals surface area contributed by atoms with Crippen LogP contribution in [-0.2, 0) is 0 Å². The van der Waals surface area contributed by atoms with E-state index < -0.39 is 0 Å². The standard InChI is InChI=1S/C6H3FSi2/c7-4-2-1-3-5(8)6(4)9/h1-3H. The van der Waals surface area contributed by atoms with Gasteiger partial charge in [-0.15, -0.1) is 0 Å². The molecule has 42 valence electrons. The summed E-state index contributed by atoms with van der Waals surface area (Å²) in [5.41, 5.74) is 0. The molecule has 1 aromatic carbocycles. The number of benzene rings is 1. The van der Waals surface area contributed by atoms with Crippen molar-refractivity contribution >= 4 is 30.9 Å². The van der Waals surface area contributed by atoms with Crippen molar-refractivity contribution in [2.24, 2.45) is 0 Å². The number of halogens is 1. The summed E-state index contributed by atoms with van der Waals surface area (Å²) in [5, 5.41) is 1.20. The molecule has 0 atom stereocenters. The van der Waals surface area contributed by atoms with E-state index in [4.69, 9.17) is 0 Å². The lowest BCUT2D eigenvalue weighted by Gasteiger charge is -1.97. The van der Waals surface area contributed by atoms with Crippen LogP contribution in [-0.4, -0.2) is 20.5 Å². The Balaban J connectivity index is 3.25. The maximum atomic E-state index is 12.5. The molecule has 6 radical (unpaired) electrons. The first-order chi connectivity index (χ1) is 4.22. The molecule has 3 heteroatoms. The van der Waals surface area contributed by atoms with Crippen LogP contribution in [0.2, 0.25) is 0 Å². The molecule has 1 aromatic rings. The SMILES string of the molecule is Fc1cccc([Si])c1[Si]. The lowest BCUT2D eigenvalue weighted by Crippen LogP contribution is -2.28. The maximum Gasteiger partial charge on any atom is 0.121 e. The molecule has 0 N–H and O–H groups in total. The quantitative estimate of drug-likeness (QED) is 0.434. The number of rotatable bonds is 0. The van der Waals surface area contributed by atoms with Gasteiger partial charge in [-0.05, 0) is 11.3 Å². The number of hydrogen-bond donors (Lipinski definition) is 0. The van der Waals surface area contributed by atoms with Crippen LogP contribution in [0.15, 0.2) is 18.2 Å². The molecule has 0 aromatic heterocycles. The van der Waals surface area contributed by atoms with E-state index in [1.807, 2.05) is 0 Å². The van der Waals surface area contributed by atoms with Gasteiger partial charge in [0.1, 0.15) is 5.82 Å². The summed E-state index contributed by atoms with van der Waals surface area (Å²) in [6.07, 6.45) is 0. The zero-order chi connectivity index (χ0) is 6.85. The van der Waals surface area contributed by atoms with Gasteiger partial charge in [0.2, 0.25) is 0 Å². The van der Waals surface area contributed by atoms with Gasteiger partial charge in [-0.2, -0.15) is 0 Å². The molecule has 0 bridgehead atoms. The highest BCUT2D eigenvalue weighted by molar-refractivity contribution is 6.48. The Morgan fingerprint density at radius 2 is 1.89 bits per heavy atom. The lowest BCUT2D eigenvalue weighted by molar-refractivity contribution is 0.637. The average Bonchev–Trinajstić information content (AvgIpc) is 1.83. The minimum atomic E-state index is -0.251. The maximum absolute atomic E-state index is 12.5. The summed E-state index contributed by atoms with van der Waals surface area (Å²) >= 11 is 0. The molecule has 0 saturated heterocycles. The molecular weight excluding hydrogens is 147 g/mol. The van der Waals surface area contributed by atoms with Gasteiger partial charge in [0.25, 0.3) is 0 Å². The highest BCUT2D eigenvalue weighted by Gasteiger charge is 1.95. The van der Waals surface area contributed by atoms with E-state index in [0.717, 1.165) is 5.19 Å². The average molecular weight is 150 g/mol. The lowest BCUT2D eigenvalue weighted by atomic mass is 10.3. The molecule has 0 aliphatic carbocycles. The third kappa shape index (κ3) is 1.28. The Hall–Kier alpha value is -0.416. The first-order valence-electron chi connectivity index (χ1n) is 2.43. The molecule has 0 aliphatic heterocycles. The van der Waals surface area contributed by atoms with Gasteiger partial charge >= 0.3 is 0 Å². The van der Waals surface area contributed by atoms with Gasteiger partial charge < -0.3 is 0 Å². The van der Waals surface area contributed by atoms with Crippen LogP contribution in [0.1, 0.15) is 0 Å². The Labute approximate surface area is 59.9 Å². The predicted molar refractivity (Wildman–Crippen MR) is 37.2 cm³/mol. The Morgan fingerprint density at radius 3 is 2.33 bits per heavy atom. The highest BCUT2D eigenvalue weighted by atomic mass is 28.2. The summed E-state index contributed by atoms with van der Waals surface area (Å²) in [4.78, 5) is 0. The van der Waals surface area contributed by atoms with E-state index in [2.05, 4.69) is 20.5 Å². The fourth-order valence-electron chi connectivity index (χ4n) is 0.524.